The molecule has 0 radical (unpaired) electrons. The van der Waals surface area contributed by atoms with Gasteiger partial charge in [-0.25, -0.2) is 4.57 Å². The molecule has 0 aliphatic rings. The molecule has 0 spiro atoms. The SMILES string of the molecule is CCCCC/C=C/CC/C=C/CC/C=C/C(O)C(COP(=O)(O)OCC[N+](C)(C)C)NC(=O)CCCCCCCCCC/C=C\C/C=C\C/C=C\CCCCCCC. The van der Waals surface area contributed by atoms with Gasteiger partial charge in [-0.1, -0.05) is 164 Å². The molecular weight excluding hydrogens is 744 g/mol. The standard InChI is InChI=1S/C49H89N2O6P/c1-6-8-10-12-14-16-18-20-21-22-23-24-25-26-27-28-29-31-33-35-37-39-41-43-49(53)50-47(46-57-58(54,55)56-45-44-51(3,4)5)48(52)42-40-38-36-34-32-30-19-17-15-13-11-9-7-2/h15,17-18,20,22-23,25-26,32,34,40,42,47-48,52H,6-14,16,19,21,24,27-31,33,35-39,41,43-46H2,1-5H3,(H-,50,53,54,55)/p+1/b17-15+,20-18-,23-22-,26-25-,34-32+,42-40+. The molecule has 0 fully saturated rings. The Kier molecular flexibility index (Phi) is 38.9. The minimum atomic E-state index is -4.35. The van der Waals surface area contributed by atoms with Gasteiger partial charge < -0.3 is 19.8 Å². The van der Waals surface area contributed by atoms with Crippen molar-refractivity contribution in [3.05, 3.63) is 72.9 Å². The third kappa shape index (κ3) is 42.1. The zero-order valence-electron chi connectivity index (χ0n) is 38.0. The van der Waals surface area contributed by atoms with E-state index < -0.39 is 20.0 Å². The number of rotatable bonds is 41. The van der Waals surface area contributed by atoms with Crippen LogP contribution < -0.4 is 5.32 Å². The number of aliphatic hydroxyl groups excluding tert-OH is 1. The van der Waals surface area contributed by atoms with Crippen molar-refractivity contribution in [3.8, 4) is 0 Å². The highest BCUT2D eigenvalue weighted by atomic mass is 31.2. The van der Waals surface area contributed by atoms with Gasteiger partial charge in [-0.3, -0.25) is 13.8 Å². The summed E-state index contributed by atoms with van der Waals surface area (Å²) in [4.78, 5) is 23.1. The van der Waals surface area contributed by atoms with Crippen molar-refractivity contribution in [3.63, 3.8) is 0 Å². The second kappa shape index (κ2) is 40.4. The smallest absolute Gasteiger partial charge is 0.387 e. The van der Waals surface area contributed by atoms with Crippen LogP contribution in [0.5, 0.6) is 0 Å². The Hall–Kier alpha value is -2.06. The Labute approximate surface area is 357 Å². The summed E-state index contributed by atoms with van der Waals surface area (Å²) in [5.74, 6) is -0.203. The number of nitrogens with zero attached hydrogens (tertiary/aromatic N) is 1. The van der Waals surface area contributed by atoms with E-state index in [4.69, 9.17) is 9.05 Å². The first-order valence-electron chi connectivity index (χ1n) is 23.3. The van der Waals surface area contributed by atoms with Gasteiger partial charge in [-0.2, -0.15) is 0 Å². The second-order valence-corrected chi connectivity index (χ2v) is 18.2. The molecule has 0 saturated carbocycles. The van der Waals surface area contributed by atoms with Crippen LogP contribution in [0.4, 0.5) is 0 Å². The summed E-state index contributed by atoms with van der Waals surface area (Å²) in [5, 5.41) is 13.8. The van der Waals surface area contributed by atoms with E-state index in [0.29, 0.717) is 17.4 Å². The molecule has 0 heterocycles. The lowest BCUT2D eigenvalue weighted by atomic mass is 10.1. The summed E-state index contributed by atoms with van der Waals surface area (Å²) in [6.07, 6.45) is 54.0. The van der Waals surface area contributed by atoms with Gasteiger partial charge in [0.2, 0.25) is 5.91 Å². The van der Waals surface area contributed by atoms with Gasteiger partial charge in [0.25, 0.3) is 0 Å². The van der Waals surface area contributed by atoms with E-state index >= 15 is 0 Å². The van der Waals surface area contributed by atoms with Gasteiger partial charge in [0.15, 0.2) is 0 Å². The van der Waals surface area contributed by atoms with E-state index in [1.165, 1.54) is 89.9 Å². The summed E-state index contributed by atoms with van der Waals surface area (Å²) in [5.41, 5.74) is 0. The fourth-order valence-electron chi connectivity index (χ4n) is 6.14. The zero-order chi connectivity index (χ0) is 42.8. The number of allylic oxidation sites excluding steroid dienone is 11. The second-order valence-electron chi connectivity index (χ2n) is 16.8. The number of quaternary nitrogens is 1. The maximum absolute atomic E-state index is 12.9. The first-order valence-corrected chi connectivity index (χ1v) is 24.8. The minimum absolute atomic E-state index is 0.0485. The molecule has 0 aliphatic carbocycles. The van der Waals surface area contributed by atoms with E-state index in [1.54, 1.807) is 6.08 Å². The zero-order valence-corrected chi connectivity index (χ0v) is 38.9. The lowest BCUT2D eigenvalue weighted by Gasteiger charge is -2.25. The van der Waals surface area contributed by atoms with E-state index in [2.05, 4.69) is 79.9 Å². The van der Waals surface area contributed by atoms with Crippen molar-refractivity contribution in [2.75, 3.05) is 40.9 Å². The number of carbonyl (C=O) groups excluding carboxylic acids is 1. The number of phosphoric acid groups is 1. The first-order chi connectivity index (χ1) is 28.0. The predicted molar refractivity (Wildman–Crippen MR) is 249 cm³/mol. The molecule has 0 rings (SSSR count). The number of amides is 1. The molecule has 3 atom stereocenters. The van der Waals surface area contributed by atoms with Crippen molar-refractivity contribution in [2.45, 2.75) is 193 Å². The third-order valence-electron chi connectivity index (χ3n) is 9.88. The molecular formula is C49H90N2O6P+. The van der Waals surface area contributed by atoms with Crippen molar-refractivity contribution in [1.29, 1.82) is 0 Å². The van der Waals surface area contributed by atoms with Gasteiger partial charge in [0.1, 0.15) is 13.2 Å². The van der Waals surface area contributed by atoms with Gasteiger partial charge in [-0.15, -0.1) is 0 Å². The maximum Gasteiger partial charge on any atom is 0.472 e. The highest BCUT2D eigenvalue weighted by Gasteiger charge is 2.27. The van der Waals surface area contributed by atoms with E-state index in [1.807, 2.05) is 27.2 Å². The number of hydrogen-bond acceptors (Lipinski definition) is 5. The van der Waals surface area contributed by atoms with Crippen LogP contribution in [-0.2, 0) is 18.4 Å². The Morgan fingerprint density at radius 2 is 1.00 bits per heavy atom. The molecule has 1 amide bonds. The third-order valence-corrected chi connectivity index (χ3v) is 10.9. The highest BCUT2D eigenvalue weighted by Crippen LogP contribution is 2.43. The van der Waals surface area contributed by atoms with Crippen LogP contribution in [-0.4, -0.2) is 73.4 Å². The molecule has 8 nitrogen and oxygen atoms in total. The average Bonchev–Trinajstić information content (AvgIpc) is 3.17. The largest absolute Gasteiger partial charge is 0.472 e. The predicted octanol–water partition coefficient (Wildman–Crippen LogP) is 13.2. The van der Waals surface area contributed by atoms with E-state index in [0.717, 1.165) is 70.6 Å². The van der Waals surface area contributed by atoms with E-state index in [-0.39, 0.29) is 19.1 Å². The van der Waals surface area contributed by atoms with Crippen LogP contribution in [0.15, 0.2) is 72.9 Å². The van der Waals surface area contributed by atoms with Crippen molar-refractivity contribution in [2.24, 2.45) is 0 Å². The Bertz CT molecular complexity index is 1170. The Morgan fingerprint density at radius 1 is 0.586 bits per heavy atom. The lowest BCUT2D eigenvalue weighted by molar-refractivity contribution is -0.870. The topological polar surface area (TPSA) is 105 Å². The van der Waals surface area contributed by atoms with Crippen LogP contribution in [0.3, 0.4) is 0 Å². The molecule has 3 unspecified atom stereocenters. The summed E-state index contributed by atoms with van der Waals surface area (Å²) >= 11 is 0. The van der Waals surface area contributed by atoms with Crippen LogP contribution >= 0.6 is 7.82 Å². The monoisotopic (exact) mass is 834 g/mol. The molecule has 3 N–H and O–H groups in total. The number of unbranched alkanes of at least 4 members (excludes halogenated alkanes) is 18. The molecule has 0 aromatic carbocycles. The van der Waals surface area contributed by atoms with E-state index in [9.17, 15) is 19.4 Å². The summed E-state index contributed by atoms with van der Waals surface area (Å²) in [7, 11) is 1.53. The summed E-state index contributed by atoms with van der Waals surface area (Å²) < 4.78 is 23.5. The molecule has 0 saturated heterocycles. The van der Waals surface area contributed by atoms with Crippen LogP contribution in [0.2, 0.25) is 0 Å². The normalized spacial score (nSPS) is 14.9. The van der Waals surface area contributed by atoms with Gasteiger partial charge in [-0.05, 0) is 83.5 Å². The molecule has 9 heteroatoms. The number of phosphoric ester groups is 1. The molecule has 0 aliphatic heterocycles. The van der Waals surface area contributed by atoms with Crippen molar-refractivity contribution >= 4 is 13.7 Å². The fourth-order valence-corrected chi connectivity index (χ4v) is 6.87. The van der Waals surface area contributed by atoms with Crippen LogP contribution in [0.1, 0.15) is 181 Å². The van der Waals surface area contributed by atoms with Crippen molar-refractivity contribution < 1.29 is 32.9 Å². The fraction of sp³-hybridized carbons (Fsp3) is 0.735. The number of likely N-dealkylation sites (N-methyl/N-ethyl adjacent to an activating group) is 1. The van der Waals surface area contributed by atoms with Crippen LogP contribution in [0, 0.1) is 0 Å². The molecule has 336 valence electrons. The number of hydrogen-bond donors (Lipinski definition) is 3. The molecule has 0 aromatic rings. The number of nitrogens with one attached hydrogen (secondary N) is 1. The quantitative estimate of drug-likeness (QED) is 0.0245. The van der Waals surface area contributed by atoms with Crippen LogP contribution in [0.25, 0.3) is 0 Å². The molecule has 58 heavy (non-hydrogen) atoms. The van der Waals surface area contributed by atoms with Gasteiger partial charge in [0.05, 0.1) is 39.9 Å². The highest BCUT2D eigenvalue weighted by molar-refractivity contribution is 7.47. The molecule has 0 bridgehead atoms. The Balaban J connectivity index is 4.39. The average molecular weight is 834 g/mol. The summed E-state index contributed by atoms with van der Waals surface area (Å²) in [6, 6.07) is -0.876. The van der Waals surface area contributed by atoms with Crippen molar-refractivity contribution in [1.82, 2.24) is 5.32 Å². The summed E-state index contributed by atoms with van der Waals surface area (Å²) in [6.45, 7) is 4.71. The maximum atomic E-state index is 12.9. The number of aliphatic hydroxyl groups is 1. The lowest BCUT2D eigenvalue weighted by Crippen LogP contribution is -2.45. The first kappa shape index (κ1) is 55.9. The Morgan fingerprint density at radius 3 is 1.53 bits per heavy atom. The van der Waals surface area contributed by atoms with Gasteiger partial charge >= 0.3 is 7.82 Å². The minimum Gasteiger partial charge on any atom is -0.387 e. The van der Waals surface area contributed by atoms with Gasteiger partial charge in [0, 0.05) is 6.42 Å². The number of carbonyl (C=O) groups is 1. The molecule has 0 aromatic heterocycles.